The first kappa shape index (κ1) is 16.7. The minimum atomic E-state index is 0.272. The third-order valence-electron chi connectivity index (χ3n) is 4.75. The van der Waals surface area contributed by atoms with Gasteiger partial charge in [0.15, 0.2) is 0 Å². The number of hydrogen-bond acceptors (Lipinski definition) is 1. The third kappa shape index (κ3) is 4.24. The molecule has 0 aromatic heterocycles. The molecule has 1 nitrogen and oxygen atoms in total. The molecule has 1 aliphatic carbocycles. The molecule has 1 heteroatoms. The van der Waals surface area contributed by atoms with E-state index in [1.165, 1.54) is 36.8 Å². The number of allylic oxidation sites excluding steroid dienone is 1. The van der Waals surface area contributed by atoms with Gasteiger partial charge in [-0.25, -0.2) is 0 Å². The van der Waals surface area contributed by atoms with Crippen LogP contribution in [0.5, 0.6) is 0 Å². The third-order valence-corrected chi connectivity index (χ3v) is 4.75. The molecular formula is C23H27N. The Balaban J connectivity index is 1.94. The zero-order chi connectivity index (χ0) is 16.6. The van der Waals surface area contributed by atoms with Crippen LogP contribution in [0.3, 0.4) is 0 Å². The highest BCUT2D eigenvalue weighted by Gasteiger charge is 2.22. The van der Waals surface area contributed by atoms with E-state index in [1.54, 1.807) is 5.57 Å². The molecule has 0 unspecified atom stereocenters. The predicted octanol–water partition coefficient (Wildman–Crippen LogP) is 5.76. The van der Waals surface area contributed by atoms with Gasteiger partial charge in [-0.1, -0.05) is 78.4 Å². The Morgan fingerprint density at radius 1 is 0.917 bits per heavy atom. The van der Waals surface area contributed by atoms with Crippen molar-refractivity contribution in [2.75, 3.05) is 13.1 Å². The van der Waals surface area contributed by atoms with Crippen LogP contribution < -0.4 is 0 Å². The van der Waals surface area contributed by atoms with Gasteiger partial charge in [0, 0.05) is 13.1 Å². The highest BCUT2D eigenvalue weighted by atomic mass is 15.2. The first-order valence-corrected chi connectivity index (χ1v) is 9.01. The molecule has 0 N–H and O–H groups in total. The lowest BCUT2D eigenvalue weighted by Gasteiger charge is -2.33. The topological polar surface area (TPSA) is 3.24 Å². The molecule has 3 rings (SSSR count). The van der Waals surface area contributed by atoms with Gasteiger partial charge in [0.25, 0.3) is 0 Å². The molecule has 0 saturated carbocycles. The van der Waals surface area contributed by atoms with Crippen molar-refractivity contribution >= 4 is 0 Å². The van der Waals surface area contributed by atoms with Crippen LogP contribution in [0, 0.1) is 0 Å². The van der Waals surface area contributed by atoms with Gasteiger partial charge in [0.2, 0.25) is 0 Å². The highest BCUT2D eigenvalue weighted by molar-refractivity contribution is 5.32. The van der Waals surface area contributed by atoms with Crippen molar-refractivity contribution < 1.29 is 0 Å². The monoisotopic (exact) mass is 317 g/mol. The lowest BCUT2D eigenvalue weighted by atomic mass is 9.94. The van der Waals surface area contributed by atoms with Crippen LogP contribution in [0.25, 0.3) is 0 Å². The molecule has 1 aliphatic rings. The fourth-order valence-electron chi connectivity index (χ4n) is 3.62. The van der Waals surface area contributed by atoms with E-state index >= 15 is 0 Å². The molecule has 0 atom stereocenters. The van der Waals surface area contributed by atoms with Crippen LogP contribution in [0.4, 0.5) is 0 Å². The second kappa shape index (κ2) is 8.65. The van der Waals surface area contributed by atoms with Crippen molar-refractivity contribution in [3.8, 4) is 0 Å². The van der Waals surface area contributed by atoms with E-state index < -0.39 is 0 Å². The lowest BCUT2D eigenvalue weighted by molar-refractivity contribution is 0.267. The van der Waals surface area contributed by atoms with Crippen LogP contribution in [0.1, 0.15) is 42.9 Å². The average molecular weight is 317 g/mol. The van der Waals surface area contributed by atoms with E-state index in [1.807, 2.05) is 6.08 Å². The SMILES string of the molecule is C=CCN(CC1=CCCCC1)C(c1ccccc1)c1ccccc1. The maximum atomic E-state index is 4.00. The quantitative estimate of drug-likeness (QED) is 0.586. The molecule has 2 aromatic carbocycles. The number of rotatable bonds is 7. The number of hydrogen-bond donors (Lipinski definition) is 0. The van der Waals surface area contributed by atoms with Gasteiger partial charge in [-0.15, -0.1) is 6.58 Å². The van der Waals surface area contributed by atoms with Crippen molar-refractivity contribution in [3.05, 3.63) is 96.1 Å². The summed E-state index contributed by atoms with van der Waals surface area (Å²) < 4.78 is 0. The second-order valence-electron chi connectivity index (χ2n) is 6.55. The largest absolute Gasteiger partial charge is 0.285 e. The standard InChI is InChI=1S/C23H27N/c1-2-18-24(19-20-12-6-3-7-13-20)23(21-14-8-4-9-15-21)22-16-10-5-11-17-22/h2,4-5,8-12,14-17,23H,1,3,6-7,13,18-19H2. The molecule has 0 fully saturated rings. The van der Waals surface area contributed by atoms with Gasteiger partial charge in [-0.2, -0.15) is 0 Å². The van der Waals surface area contributed by atoms with Crippen LogP contribution in [-0.4, -0.2) is 18.0 Å². The van der Waals surface area contributed by atoms with E-state index in [9.17, 15) is 0 Å². The van der Waals surface area contributed by atoms with Gasteiger partial charge in [-0.05, 0) is 36.8 Å². The first-order chi connectivity index (χ1) is 11.9. The van der Waals surface area contributed by atoms with E-state index in [4.69, 9.17) is 0 Å². The van der Waals surface area contributed by atoms with E-state index in [-0.39, 0.29) is 6.04 Å². The van der Waals surface area contributed by atoms with Crippen molar-refractivity contribution in [3.63, 3.8) is 0 Å². The predicted molar refractivity (Wildman–Crippen MR) is 103 cm³/mol. The molecule has 24 heavy (non-hydrogen) atoms. The Morgan fingerprint density at radius 2 is 1.54 bits per heavy atom. The molecule has 0 bridgehead atoms. The summed E-state index contributed by atoms with van der Waals surface area (Å²) in [5.41, 5.74) is 4.28. The van der Waals surface area contributed by atoms with Crippen LogP contribution in [-0.2, 0) is 0 Å². The lowest BCUT2D eigenvalue weighted by Crippen LogP contribution is -2.32. The van der Waals surface area contributed by atoms with Gasteiger partial charge in [0.05, 0.1) is 6.04 Å². The molecular weight excluding hydrogens is 290 g/mol. The highest BCUT2D eigenvalue weighted by Crippen LogP contribution is 2.30. The van der Waals surface area contributed by atoms with E-state index in [0.29, 0.717) is 0 Å². The van der Waals surface area contributed by atoms with Crippen molar-refractivity contribution in [1.82, 2.24) is 4.90 Å². The smallest absolute Gasteiger partial charge is 0.0607 e. The van der Waals surface area contributed by atoms with Crippen molar-refractivity contribution in [2.24, 2.45) is 0 Å². The normalized spacial score (nSPS) is 14.7. The summed E-state index contributed by atoms with van der Waals surface area (Å²) in [5.74, 6) is 0. The van der Waals surface area contributed by atoms with Gasteiger partial charge in [0.1, 0.15) is 0 Å². The summed E-state index contributed by atoms with van der Waals surface area (Å²) in [7, 11) is 0. The zero-order valence-electron chi connectivity index (χ0n) is 14.4. The Labute approximate surface area is 146 Å². The zero-order valence-corrected chi connectivity index (χ0v) is 14.4. The van der Waals surface area contributed by atoms with Gasteiger partial charge >= 0.3 is 0 Å². The summed E-state index contributed by atoms with van der Waals surface area (Å²) in [6.07, 6.45) is 9.62. The molecule has 0 heterocycles. The summed E-state index contributed by atoms with van der Waals surface area (Å²) in [6.45, 7) is 5.93. The maximum Gasteiger partial charge on any atom is 0.0607 e. The van der Waals surface area contributed by atoms with Gasteiger partial charge < -0.3 is 0 Å². The number of benzene rings is 2. The minimum absolute atomic E-state index is 0.272. The Bertz CT molecular complexity index is 617. The van der Waals surface area contributed by atoms with Crippen LogP contribution in [0.2, 0.25) is 0 Å². The summed E-state index contributed by atoms with van der Waals surface area (Å²) in [5, 5.41) is 0. The molecule has 0 aliphatic heterocycles. The average Bonchev–Trinajstić information content (AvgIpc) is 2.65. The molecule has 2 aromatic rings. The Morgan fingerprint density at radius 3 is 2.04 bits per heavy atom. The van der Waals surface area contributed by atoms with Gasteiger partial charge in [-0.3, -0.25) is 4.90 Å². The first-order valence-electron chi connectivity index (χ1n) is 9.01. The minimum Gasteiger partial charge on any atom is -0.285 e. The Kier molecular flexibility index (Phi) is 6.03. The summed E-state index contributed by atoms with van der Waals surface area (Å²) >= 11 is 0. The summed E-state index contributed by atoms with van der Waals surface area (Å²) in [6, 6.07) is 22.0. The molecule has 0 amide bonds. The molecule has 0 saturated heterocycles. The maximum absolute atomic E-state index is 4.00. The Hall–Kier alpha value is -2.12. The molecule has 124 valence electrons. The fraction of sp³-hybridized carbons (Fsp3) is 0.304. The van der Waals surface area contributed by atoms with Crippen LogP contribution >= 0.6 is 0 Å². The summed E-state index contributed by atoms with van der Waals surface area (Å²) in [4.78, 5) is 2.55. The number of nitrogens with zero attached hydrogens (tertiary/aromatic N) is 1. The second-order valence-corrected chi connectivity index (χ2v) is 6.55. The van der Waals surface area contributed by atoms with Crippen molar-refractivity contribution in [1.29, 1.82) is 0 Å². The molecule has 0 spiro atoms. The molecule has 0 radical (unpaired) electrons. The van der Waals surface area contributed by atoms with E-state index in [0.717, 1.165) is 13.1 Å². The van der Waals surface area contributed by atoms with Crippen LogP contribution in [0.15, 0.2) is 85.0 Å². The van der Waals surface area contributed by atoms with Crippen molar-refractivity contribution in [2.45, 2.75) is 31.7 Å². The van der Waals surface area contributed by atoms with E-state index in [2.05, 4.69) is 78.2 Å². The fourth-order valence-corrected chi connectivity index (χ4v) is 3.62.